The number of hydrogen-bond acceptors (Lipinski definition) is 6. The molecule has 1 heterocycles. The normalized spacial score (nSPS) is 10.6. The van der Waals surface area contributed by atoms with Gasteiger partial charge in [-0.25, -0.2) is 15.0 Å². The van der Waals surface area contributed by atoms with Crippen molar-refractivity contribution in [1.82, 2.24) is 15.0 Å². The minimum Gasteiger partial charge on any atom is -0.507 e. The molecule has 6 heteroatoms. The molecule has 0 spiro atoms. The maximum absolute atomic E-state index is 10.5. The fourth-order valence-corrected chi connectivity index (χ4v) is 3.07. The lowest BCUT2D eigenvalue weighted by atomic mass is 10.1. The van der Waals surface area contributed by atoms with Crippen molar-refractivity contribution in [2.75, 3.05) is 6.26 Å². The van der Waals surface area contributed by atoms with Crippen molar-refractivity contribution in [1.29, 1.82) is 0 Å². The predicted octanol–water partition coefficient (Wildman–Crippen LogP) is 5.24. The molecule has 0 aliphatic heterocycles. The van der Waals surface area contributed by atoms with Gasteiger partial charge in [0.05, 0.1) is 17.6 Å². The van der Waals surface area contributed by atoms with Crippen molar-refractivity contribution in [2.45, 2.75) is 0 Å². The molecule has 0 fully saturated rings. The van der Waals surface area contributed by atoms with Gasteiger partial charge in [-0.1, -0.05) is 60.7 Å². The second-order valence-electron chi connectivity index (χ2n) is 5.97. The van der Waals surface area contributed by atoms with E-state index < -0.39 is 0 Å². The van der Waals surface area contributed by atoms with Crippen LogP contribution in [0.1, 0.15) is 0 Å². The molecule has 28 heavy (non-hydrogen) atoms. The fourth-order valence-electron chi connectivity index (χ4n) is 2.78. The van der Waals surface area contributed by atoms with Crippen LogP contribution in [-0.2, 0) is 0 Å². The van der Waals surface area contributed by atoms with Gasteiger partial charge in [0.25, 0.3) is 0 Å². The standard InChI is InChI=1S/C22H17N3O2S/c1-28-27-17-12-13-18(19(26)14-17)22-24-20(15-8-4-2-5-9-15)23-21(25-22)16-10-6-3-7-11-16/h2-14,26H,1H3. The van der Waals surface area contributed by atoms with Gasteiger partial charge in [-0.15, -0.1) is 0 Å². The number of phenols is 1. The van der Waals surface area contributed by atoms with Crippen molar-refractivity contribution < 1.29 is 9.29 Å². The number of nitrogens with zero attached hydrogens (tertiary/aromatic N) is 3. The van der Waals surface area contributed by atoms with Crippen LogP contribution < -0.4 is 4.18 Å². The summed E-state index contributed by atoms with van der Waals surface area (Å²) in [5, 5.41) is 10.5. The van der Waals surface area contributed by atoms with Gasteiger partial charge in [0, 0.05) is 23.4 Å². The number of rotatable bonds is 5. The molecule has 0 unspecified atom stereocenters. The van der Waals surface area contributed by atoms with Crippen LogP contribution in [0.4, 0.5) is 0 Å². The SMILES string of the molecule is CSOc1ccc(-c2nc(-c3ccccc3)nc(-c3ccccc3)n2)c(O)c1. The molecule has 0 saturated carbocycles. The van der Waals surface area contributed by atoms with Crippen LogP contribution in [0.15, 0.2) is 78.9 Å². The van der Waals surface area contributed by atoms with Crippen molar-refractivity contribution in [3.63, 3.8) is 0 Å². The highest BCUT2D eigenvalue weighted by Gasteiger charge is 2.15. The summed E-state index contributed by atoms with van der Waals surface area (Å²) < 4.78 is 5.37. The lowest BCUT2D eigenvalue weighted by molar-refractivity contribution is 0.474. The van der Waals surface area contributed by atoms with Crippen LogP contribution in [-0.4, -0.2) is 26.3 Å². The molecule has 4 rings (SSSR count). The fraction of sp³-hybridized carbons (Fsp3) is 0.0455. The maximum Gasteiger partial charge on any atom is 0.167 e. The van der Waals surface area contributed by atoms with Crippen molar-refractivity contribution >= 4 is 12.0 Å². The Morgan fingerprint density at radius 1 is 0.714 bits per heavy atom. The van der Waals surface area contributed by atoms with E-state index in [0.717, 1.165) is 11.1 Å². The van der Waals surface area contributed by atoms with E-state index in [9.17, 15) is 5.11 Å². The zero-order valence-electron chi connectivity index (χ0n) is 15.1. The molecule has 1 N–H and O–H groups in total. The van der Waals surface area contributed by atoms with E-state index in [4.69, 9.17) is 4.18 Å². The summed E-state index contributed by atoms with van der Waals surface area (Å²) >= 11 is 1.21. The number of aromatic nitrogens is 3. The maximum atomic E-state index is 10.5. The molecule has 0 saturated heterocycles. The van der Waals surface area contributed by atoms with Crippen LogP contribution in [0.2, 0.25) is 0 Å². The first-order chi connectivity index (χ1) is 13.7. The molecular weight excluding hydrogens is 370 g/mol. The Morgan fingerprint density at radius 3 is 1.75 bits per heavy atom. The second-order valence-corrected chi connectivity index (χ2v) is 6.47. The molecule has 138 valence electrons. The Kier molecular flexibility index (Phi) is 5.21. The summed E-state index contributed by atoms with van der Waals surface area (Å²) in [6.07, 6.45) is 1.81. The second kappa shape index (κ2) is 8.10. The van der Waals surface area contributed by atoms with Crippen LogP contribution >= 0.6 is 12.0 Å². The first-order valence-electron chi connectivity index (χ1n) is 8.65. The molecule has 0 amide bonds. The van der Waals surface area contributed by atoms with E-state index in [1.165, 1.54) is 12.0 Å². The minimum atomic E-state index is 0.0516. The summed E-state index contributed by atoms with van der Waals surface area (Å²) in [5.74, 6) is 2.12. The topological polar surface area (TPSA) is 68.1 Å². The summed E-state index contributed by atoms with van der Waals surface area (Å²) in [5.41, 5.74) is 2.28. The molecule has 0 aliphatic carbocycles. The number of aromatic hydroxyl groups is 1. The summed E-state index contributed by atoms with van der Waals surface area (Å²) in [7, 11) is 0. The molecular formula is C22H17N3O2S. The predicted molar refractivity (Wildman–Crippen MR) is 112 cm³/mol. The van der Waals surface area contributed by atoms with E-state index in [1.807, 2.05) is 66.9 Å². The molecule has 0 aliphatic rings. The smallest absolute Gasteiger partial charge is 0.167 e. The Morgan fingerprint density at radius 2 is 1.25 bits per heavy atom. The lowest BCUT2D eigenvalue weighted by Gasteiger charge is -2.10. The van der Waals surface area contributed by atoms with E-state index in [-0.39, 0.29) is 5.75 Å². The highest BCUT2D eigenvalue weighted by atomic mass is 32.2. The van der Waals surface area contributed by atoms with E-state index in [0.29, 0.717) is 28.8 Å². The minimum absolute atomic E-state index is 0.0516. The van der Waals surface area contributed by atoms with E-state index in [2.05, 4.69) is 15.0 Å². The molecule has 0 bridgehead atoms. The van der Waals surface area contributed by atoms with Gasteiger partial charge in [0.15, 0.2) is 17.5 Å². The average Bonchev–Trinajstić information content (AvgIpc) is 2.75. The van der Waals surface area contributed by atoms with Gasteiger partial charge in [0.1, 0.15) is 11.5 Å². The third kappa shape index (κ3) is 3.82. The van der Waals surface area contributed by atoms with E-state index in [1.54, 1.807) is 18.2 Å². The van der Waals surface area contributed by atoms with Gasteiger partial charge in [-0.2, -0.15) is 0 Å². The number of hydrogen-bond donors (Lipinski definition) is 1. The Hall–Kier alpha value is -3.38. The van der Waals surface area contributed by atoms with Gasteiger partial charge >= 0.3 is 0 Å². The first kappa shape index (κ1) is 18.0. The molecule has 3 aromatic carbocycles. The highest BCUT2D eigenvalue weighted by Crippen LogP contribution is 2.33. The summed E-state index contributed by atoms with van der Waals surface area (Å²) in [4.78, 5) is 13.9. The van der Waals surface area contributed by atoms with Gasteiger partial charge in [-0.05, 0) is 12.1 Å². The quantitative estimate of drug-likeness (QED) is 0.473. The molecule has 1 aromatic heterocycles. The lowest BCUT2D eigenvalue weighted by Crippen LogP contribution is -2.00. The first-order valence-corrected chi connectivity index (χ1v) is 9.80. The number of benzene rings is 3. The monoisotopic (exact) mass is 387 g/mol. The largest absolute Gasteiger partial charge is 0.507 e. The van der Waals surface area contributed by atoms with Crippen LogP contribution in [0, 0.1) is 0 Å². The third-order valence-corrected chi connectivity index (χ3v) is 4.45. The van der Waals surface area contributed by atoms with Gasteiger partial charge in [-0.3, -0.25) is 0 Å². The van der Waals surface area contributed by atoms with Gasteiger partial charge < -0.3 is 9.29 Å². The van der Waals surface area contributed by atoms with E-state index >= 15 is 0 Å². The average molecular weight is 387 g/mol. The highest BCUT2D eigenvalue weighted by molar-refractivity contribution is 7.94. The Labute approximate surface area is 167 Å². The van der Waals surface area contributed by atoms with Crippen molar-refractivity contribution in [3.05, 3.63) is 78.9 Å². The van der Waals surface area contributed by atoms with Gasteiger partial charge in [0.2, 0.25) is 0 Å². The summed E-state index contributed by atoms with van der Waals surface area (Å²) in [6.45, 7) is 0. The van der Waals surface area contributed by atoms with Crippen LogP contribution in [0.3, 0.4) is 0 Å². The Bertz CT molecular complexity index is 1030. The third-order valence-electron chi connectivity index (χ3n) is 4.09. The zero-order valence-corrected chi connectivity index (χ0v) is 15.9. The van der Waals surface area contributed by atoms with Crippen LogP contribution in [0.25, 0.3) is 34.2 Å². The summed E-state index contributed by atoms with van der Waals surface area (Å²) in [6, 6.07) is 24.5. The molecule has 4 aromatic rings. The molecule has 5 nitrogen and oxygen atoms in total. The Balaban J connectivity index is 1.87. The number of phenolic OH excluding ortho intramolecular Hbond substituents is 1. The molecule has 0 radical (unpaired) electrons. The zero-order chi connectivity index (χ0) is 19.3. The molecule has 0 atom stereocenters. The van der Waals surface area contributed by atoms with Crippen LogP contribution in [0.5, 0.6) is 11.5 Å². The van der Waals surface area contributed by atoms with Crippen molar-refractivity contribution in [3.8, 4) is 45.7 Å². The van der Waals surface area contributed by atoms with Crippen molar-refractivity contribution in [2.24, 2.45) is 0 Å².